The van der Waals surface area contributed by atoms with Crippen molar-refractivity contribution in [2.75, 3.05) is 18.0 Å². The summed E-state index contributed by atoms with van der Waals surface area (Å²) in [6, 6.07) is 0.551. The van der Waals surface area contributed by atoms with E-state index in [1.54, 1.807) is 12.7 Å². The Morgan fingerprint density at radius 3 is 2.89 bits per heavy atom. The van der Waals surface area contributed by atoms with E-state index in [4.69, 9.17) is 5.73 Å². The molecule has 0 spiro atoms. The van der Waals surface area contributed by atoms with Crippen LogP contribution < -0.4 is 10.6 Å². The average Bonchev–Trinajstić information content (AvgIpc) is 3.06. The highest BCUT2D eigenvalue weighted by atomic mass is 15.2. The molecule has 0 radical (unpaired) electrons. The number of hydrogen-bond donors (Lipinski definition) is 2. The van der Waals surface area contributed by atoms with Gasteiger partial charge in [0.2, 0.25) is 0 Å². The molecule has 3 N–H and O–H groups in total. The van der Waals surface area contributed by atoms with Crippen LogP contribution in [0.25, 0.3) is 11.2 Å². The Bertz CT molecular complexity index is 516. The summed E-state index contributed by atoms with van der Waals surface area (Å²) in [6.07, 6.45) is 8.28. The summed E-state index contributed by atoms with van der Waals surface area (Å²) in [5.41, 5.74) is 7.38. The van der Waals surface area contributed by atoms with Crippen LogP contribution in [0.1, 0.15) is 25.7 Å². The Kier molecular flexibility index (Phi) is 3.10. The third-order valence-electron chi connectivity index (χ3n) is 3.61. The number of nitrogens with one attached hydrogen (secondary N) is 1. The molecular formula is C12H18N6. The summed E-state index contributed by atoms with van der Waals surface area (Å²) in [5, 5.41) is 0. The van der Waals surface area contributed by atoms with E-state index in [2.05, 4.69) is 24.8 Å². The van der Waals surface area contributed by atoms with E-state index in [-0.39, 0.29) is 0 Å². The molecule has 0 unspecified atom stereocenters. The van der Waals surface area contributed by atoms with E-state index < -0.39 is 0 Å². The third kappa shape index (κ3) is 1.92. The maximum Gasteiger partial charge on any atom is 0.182 e. The highest BCUT2D eigenvalue weighted by Gasteiger charge is 2.25. The molecule has 0 bridgehead atoms. The minimum atomic E-state index is 0.551. The predicted molar refractivity (Wildman–Crippen MR) is 70.3 cm³/mol. The first-order chi connectivity index (χ1) is 8.90. The van der Waals surface area contributed by atoms with Gasteiger partial charge in [0.15, 0.2) is 11.5 Å². The lowest BCUT2D eigenvalue weighted by Crippen LogP contribution is -2.38. The molecule has 1 fully saturated rings. The minimum absolute atomic E-state index is 0.551. The van der Waals surface area contributed by atoms with Crippen LogP contribution in [-0.2, 0) is 0 Å². The van der Waals surface area contributed by atoms with Crippen molar-refractivity contribution in [3.05, 3.63) is 12.7 Å². The number of H-pyrrole nitrogens is 1. The van der Waals surface area contributed by atoms with Crippen molar-refractivity contribution in [1.82, 2.24) is 19.9 Å². The van der Waals surface area contributed by atoms with Crippen LogP contribution in [0.2, 0.25) is 0 Å². The molecule has 2 aromatic heterocycles. The second-order valence-corrected chi connectivity index (χ2v) is 4.72. The molecule has 0 atom stereocenters. The number of aromatic nitrogens is 4. The monoisotopic (exact) mass is 246 g/mol. The first-order valence-electron chi connectivity index (χ1n) is 6.51. The number of hydrogen-bond acceptors (Lipinski definition) is 5. The number of fused-ring (bicyclic) bond motifs is 1. The summed E-state index contributed by atoms with van der Waals surface area (Å²) < 4.78 is 0. The Morgan fingerprint density at radius 2 is 2.11 bits per heavy atom. The van der Waals surface area contributed by atoms with Crippen molar-refractivity contribution in [3.8, 4) is 0 Å². The molecule has 96 valence electrons. The molecule has 6 nitrogen and oxygen atoms in total. The normalized spacial score (nSPS) is 16.5. The Labute approximate surface area is 106 Å². The molecule has 0 saturated heterocycles. The van der Waals surface area contributed by atoms with E-state index in [0.717, 1.165) is 23.5 Å². The van der Waals surface area contributed by atoms with E-state index in [9.17, 15) is 0 Å². The van der Waals surface area contributed by atoms with E-state index in [1.807, 2.05) is 0 Å². The summed E-state index contributed by atoms with van der Waals surface area (Å²) in [4.78, 5) is 18.2. The molecule has 3 rings (SSSR count). The van der Waals surface area contributed by atoms with Crippen molar-refractivity contribution in [3.63, 3.8) is 0 Å². The fraction of sp³-hybridized carbons (Fsp3) is 0.583. The van der Waals surface area contributed by atoms with Crippen LogP contribution in [0.5, 0.6) is 0 Å². The van der Waals surface area contributed by atoms with Crippen molar-refractivity contribution >= 4 is 17.0 Å². The van der Waals surface area contributed by atoms with Crippen LogP contribution in [0.15, 0.2) is 12.7 Å². The van der Waals surface area contributed by atoms with Crippen molar-refractivity contribution in [2.24, 2.45) is 5.73 Å². The first kappa shape index (κ1) is 11.4. The lowest BCUT2D eigenvalue weighted by molar-refractivity contribution is 0.603. The zero-order valence-electron chi connectivity index (χ0n) is 10.3. The Hall–Kier alpha value is -1.69. The smallest absolute Gasteiger partial charge is 0.182 e. The van der Waals surface area contributed by atoms with Crippen LogP contribution in [0.4, 0.5) is 5.82 Å². The van der Waals surface area contributed by atoms with Crippen LogP contribution in [0, 0.1) is 0 Å². The molecule has 18 heavy (non-hydrogen) atoms. The molecule has 1 saturated carbocycles. The van der Waals surface area contributed by atoms with Gasteiger partial charge >= 0.3 is 0 Å². The SMILES string of the molecule is NCCN(c1ncnc2nc[nH]c12)C1CCCC1. The van der Waals surface area contributed by atoms with Crippen molar-refractivity contribution in [2.45, 2.75) is 31.7 Å². The highest BCUT2D eigenvalue weighted by Crippen LogP contribution is 2.29. The first-order valence-corrected chi connectivity index (χ1v) is 6.51. The third-order valence-corrected chi connectivity index (χ3v) is 3.61. The average molecular weight is 246 g/mol. The minimum Gasteiger partial charge on any atom is -0.350 e. The zero-order valence-corrected chi connectivity index (χ0v) is 10.3. The van der Waals surface area contributed by atoms with Crippen LogP contribution in [-0.4, -0.2) is 39.1 Å². The van der Waals surface area contributed by atoms with Gasteiger partial charge in [-0.15, -0.1) is 0 Å². The van der Waals surface area contributed by atoms with Gasteiger partial charge < -0.3 is 15.6 Å². The summed E-state index contributed by atoms with van der Waals surface area (Å²) >= 11 is 0. The predicted octanol–water partition coefficient (Wildman–Crippen LogP) is 1.06. The van der Waals surface area contributed by atoms with Crippen molar-refractivity contribution < 1.29 is 0 Å². The summed E-state index contributed by atoms with van der Waals surface area (Å²) in [5.74, 6) is 0.940. The summed E-state index contributed by atoms with van der Waals surface area (Å²) in [6.45, 7) is 1.46. The second kappa shape index (κ2) is 4.89. The Balaban J connectivity index is 2.00. The Morgan fingerprint density at radius 1 is 1.28 bits per heavy atom. The number of anilines is 1. The van der Waals surface area contributed by atoms with Gasteiger partial charge in [0.05, 0.1) is 6.33 Å². The van der Waals surface area contributed by atoms with Gasteiger partial charge in [-0.1, -0.05) is 12.8 Å². The van der Waals surface area contributed by atoms with Gasteiger partial charge in [0, 0.05) is 19.1 Å². The molecule has 0 aliphatic heterocycles. The lowest BCUT2D eigenvalue weighted by Gasteiger charge is -2.29. The molecule has 2 heterocycles. The van der Waals surface area contributed by atoms with Gasteiger partial charge in [-0.2, -0.15) is 0 Å². The molecular weight excluding hydrogens is 228 g/mol. The zero-order chi connectivity index (χ0) is 12.4. The highest BCUT2D eigenvalue weighted by molar-refractivity contribution is 5.82. The largest absolute Gasteiger partial charge is 0.350 e. The van der Waals surface area contributed by atoms with E-state index in [0.29, 0.717) is 12.6 Å². The number of aromatic amines is 1. The molecule has 1 aliphatic rings. The number of nitrogens with two attached hydrogens (primary N) is 1. The van der Waals surface area contributed by atoms with Crippen LogP contribution in [0.3, 0.4) is 0 Å². The fourth-order valence-electron chi connectivity index (χ4n) is 2.79. The van der Waals surface area contributed by atoms with E-state index >= 15 is 0 Å². The van der Waals surface area contributed by atoms with Crippen molar-refractivity contribution in [1.29, 1.82) is 0 Å². The number of imidazole rings is 1. The van der Waals surface area contributed by atoms with Crippen LogP contribution >= 0.6 is 0 Å². The number of nitrogens with zero attached hydrogens (tertiary/aromatic N) is 4. The topological polar surface area (TPSA) is 83.7 Å². The molecule has 2 aromatic rings. The van der Waals surface area contributed by atoms with Gasteiger partial charge in [-0.3, -0.25) is 0 Å². The number of rotatable bonds is 4. The summed E-state index contributed by atoms with van der Waals surface area (Å²) in [7, 11) is 0. The van der Waals surface area contributed by atoms with Gasteiger partial charge in [-0.05, 0) is 12.8 Å². The van der Waals surface area contributed by atoms with E-state index in [1.165, 1.54) is 25.7 Å². The van der Waals surface area contributed by atoms with Gasteiger partial charge in [0.1, 0.15) is 11.8 Å². The second-order valence-electron chi connectivity index (χ2n) is 4.72. The maximum absolute atomic E-state index is 5.74. The fourth-order valence-corrected chi connectivity index (χ4v) is 2.79. The quantitative estimate of drug-likeness (QED) is 0.842. The van der Waals surface area contributed by atoms with Gasteiger partial charge in [0.25, 0.3) is 0 Å². The maximum atomic E-state index is 5.74. The molecule has 1 aliphatic carbocycles. The molecule has 0 aromatic carbocycles. The van der Waals surface area contributed by atoms with Gasteiger partial charge in [-0.25, -0.2) is 15.0 Å². The molecule has 0 amide bonds. The molecule has 6 heteroatoms. The standard InChI is InChI=1S/C12H18N6/c13-5-6-18(9-3-1-2-4-9)12-10-11(15-7-14-10)16-8-17-12/h7-9H,1-6,13H2,(H,14,15,16,17). The lowest BCUT2D eigenvalue weighted by atomic mass is 10.2.